The SMILES string of the molecule is Cc1nn(C(C)C)c(NC(C)C(=O)NCC(C)C)c1N. The number of aromatic nitrogens is 2. The standard InChI is InChI=1S/C14H27N5O/c1-8(2)7-16-14(20)11(6)17-13-12(15)10(5)18-19(13)9(3)4/h8-9,11,17H,7,15H2,1-6H3,(H,16,20). The second-order valence-electron chi connectivity index (χ2n) is 5.89. The molecule has 1 amide bonds. The molecule has 1 aromatic heterocycles. The van der Waals surface area contributed by atoms with Gasteiger partial charge in [0.05, 0.1) is 11.4 Å². The minimum Gasteiger partial charge on any atom is -0.394 e. The van der Waals surface area contributed by atoms with Crippen molar-refractivity contribution >= 4 is 17.4 Å². The highest BCUT2D eigenvalue weighted by molar-refractivity contribution is 5.85. The molecule has 6 nitrogen and oxygen atoms in total. The first-order valence-corrected chi connectivity index (χ1v) is 7.12. The Morgan fingerprint density at radius 3 is 2.40 bits per heavy atom. The number of hydrogen-bond donors (Lipinski definition) is 3. The highest BCUT2D eigenvalue weighted by Gasteiger charge is 2.19. The molecule has 0 saturated heterocycles. The number of carbonyl (C=O) groups is 1. The molecule has 1 atom stereocenters. The van der Waals surface area contributed by atoms with Crippen molar-refractivity contribution < 1.29 is 4.79 Å². The Hall–Kier alpha value is -1.72. The van der Waals surface area contributed by atoms with Crippen molar-refractivity contribution in [3.05, 3.63) is 5.69 Å². The summed E-state index contributed by atoms with van der Waals surface area (Å²) >= 11 is 0. The van der Waals surface area contributed by atoms with Crippen LogP contribution in [0.2, 0.25) is 0 Å². The highest BCUT2D eigenvalue weighted by atomic mass is 16.2. The molecule has 1 unspecified atom stereocenters. The van der Waals surface area contributed by atoms with Crippen molar-refractivity contribution in [3.63, 3.8) is 0 Å². The molecule has 0 aliphatic rings. The van der Waals surface area contributed by atoms with Crippen LogP contribution in [-0.4, -0.2) is 28.3 Å². The fourth-order valence-corrected chi connectivity index (χ4v) is 1.81. The number of anilines is 2. The summed E-state index contributed by atoms with van der Waals surface area (Å²) in [4.78, 5) is 12.0. The summed E-state index contributed by atoms with van der Waals surface area (Å²) in [5, 5.41) is 10.5. The number of nitrogens with two attached hydrogens (primary N) is 1. The number of nitrogens with one attached hydrogen (secondary N) is 2. The fourth-order valence-electron chi connectivity index (χ4n) is 1.81. The van der Waals surface area contributed by atoms with Gasteiger partial charge in [-0.25, -0.2) is 4.68 Å². The lowest BCUT2D eigenvalue weighted by atomic mass is 10.2. The molecule has 0 fully saturated rings. The maximum Gasteiger partial charge on any atom is 0.242 e. The summed E-state index contributed by atoms with van der Waals surface area (Å²) in [6.45, 7) is 12.5. The van der Waals surface area contributed by atoms with Gasteiger partial charge >= 0.3 is 0 Å². The van der Waals surface area contributed by atoms with Gasteiger partial charge in [0.25, 0.3) is 0 Å². The zero-order valence-corrected chi connectivity index (χ0v) is 13.3. The predicted molar refractivity (Wildman–Crippen MR) is 82.7 cm³/mol. The van der Waals surface area contributed by atoms with E-state index in [1.807, 2.05) is 32.4 Å². The van der Waals surface area contributed by atoms with Crippen LogP contribution in [0, 0.1) is 12.8 Å². The Kier molecular flexibility index (Phi) is 5.42. The van der Waals surface area contributed by atoms with Crippen LogP contribution in [0.3, 0.4) is 0 Å². The van der Waals surface area contributed by atoms with Crippen LogP contribution in [0.5, 0.6) is 0 Å². The van der Waals surface area contributed by atoms with E-state index < -0.39 is 0 Å². The smallest absolute Gasteiger partial charge is 0.242 e. The number of aryl methyl sites for hydroxylation is 1. The number of nitrogen functional groups attached to an aromatic ring is 1. The summed E-state index contributed by atoms with van der Waals surface area (Å²) in [7, 11) is 0. The summed E-state index contributed by atoms with van der Waals surface area (Å²) in [5.41, 5.74) is 7.41. The van der Waals surface area contributed by atoms with Crippen LogP contribution >= 0.6 is 0 Å². The Morgan fingerprint density at radius 2 is 1.90 bits per heavy atom. The van der Waals surface area contributed by atoms with Crippen molar-refractivity contribution in [1.29, 1.82) is 0 Å². The largest absolute Gasteiger partial charge is 0.394 e. The maximum atomic E-state index is 12.0. The molecule has 114 valence electrons. The summed E-state index contributed by atoms with van der Waals surface area (Å²) in [6.07, 6.45) is 0. The summed E-state index contributed by atoms with van der Waals surface area (Å²) < 4.78 is 1.82. The van der Waals surface area contributed by atoms with Crippen molar-refractivity contribution in [2.75, 3.05) is 17.6 Å². The third-order valence-electron chi connectivity index (χ3n) is 3.05. The van der Waals surface area contributed by atoms with Gasteiger partial charge in [0.1, 0.15) is 11.9 Å². The zero-order chi connectivity index (χ0) is 15.4. The molecule has 1 aromatic rings. The van der Waals surface area contributed by atoms with Crippen molar-refractivity contribution in [1.82, 2.24) is 15.1 Å². The number of rotatable bonds is 6. The topological polar surface area (TPSA) is 85.0 Å². The lowest BCUT2D eigenvalue weighted by molar-refractivity contribution is -0.121. The molecular weight excluding hydrogens is 254 g/mol. The van der Waals surface area contributed by atoms with Crippen molar-refractivity contribution in [2.24, 2.45) is 5.92 Å². The second-order valence-corrected chi connectivity index (χ2v) is 5.89. The van der Waals surface area contributed by atoms with E-state index in [4.69, 9.17) is 5.73 Å². The van der Waals surface area contributed by atoms with Crippen molar-refractivity contribution in [3.8, 4) is 0 Å². The van der Waals surface area contributed by atoms with E-state index in [1.165, 1.54) is 0 Å². The summed E-state index contributed by atoms with van der Waals surface area (Å²) in [5.74, 6) is 1.11. The first-order valence-electron chi connectivity index (χ1n) is 7.12. The first kappa shape index (κ1) is 16.3. The molecular formula is C14H27N5O. The number of amides is 1. The van der Waals surface area contributed by atoms with E-state index >= 15 is 0 Å². The zero-order valence-electron chi connectivity index (χ0n) is 13.3. The monoisotopic (exact) mass is 281 g/mol. The van der Waals surface area contributed by atoms with Gasteiger partial charge in [-0.2, -0.15) is 5.10 Å². The lowest BCUT2D eigenvalue weighted by Gasteiger charge is -2.19. The molecule has 20 heavy (non-hydrogen) atoms. The highest BCUT2D eigenvalue weighted by Crippen LogP contribution is 2.26. The van der Waals surface area contributed by atoms with Crippen molar-refractivity contribution in [2.45, 2.75) is 53.6 Å². The number of hydrogen-bond acceptors (Lipinski definition) is 4. The van der Waals surface area contributed by atoms with Gasteiger partial charge in [-0.1, -0.05) is 13.8 Å². The van der Waals surface area contributed by atoms with Gasteiger partial charge in [-0.05, 0) is 33.6 Å². The Balaban J connectivity index is 2.80. The molecule has 0 radical (unpaired) electrons. The van der Waals surface area contributed by atoms with Crippen LogP contribution in [-0.2, 0) is 4.79 Å². The molecule has 0 saturated carbocycles. The molecule has 0 aromatic carbocycles. The third kappa shape index (κ3) is 3.88. The average molecular weight is 281 g/mol. The van der Waals surface area contributed by atoms with Gasteiger partial charge in [0.2, 0.25) is 5.91 Å². The molecule has 0 aliphatic carbocycles. The maximum absolute atomic E-state index is 12.0. The number of nitrogens with zero attached hydrogens (tertiary/aromatic N) is 2. The fraction of sp³-hybridized carbons (Fsp3) is 0.714. The van der Waals surface area contributed by atoms with Gasteiger partial charge < -0.3 is 16.4 Å². The minimum atomic E-state index is -0.357. The Labute approximate surface area is 121 Å². The lowest BCUT2D eigenvalue weighted by Crippen LogP contribution is -2.39. The molecule has 1 heterocycles. The van der Waals surface area contributed by atoms with Crippen LogP contribution in [0.1, 0.15) is 46.4 Å². The average Bonchev–Trinajstić information content (AvgIpc) is 2.64. The minimum absolute atomic E-state index is 0.0349. The molecule has 0 bridgehead atoms. The third-order valence-corrected chi connectivity index (χ3v) is 3.05. The van der Waals surface area contributed by atoms with Gasteiger partial charge in [0, 0.05) is 12.6 Å². The molecule has 0 spiro atoms. The van der Waals surface area contributed by atoms with Gasteiger partial charge in [-0.3, -0.25) is 4.79 Å². The van der Waals surface area contributed by atoms with Crippen LogP contribution < -0.4 is 16.4 Å². The molecule has 1 rings (SSSR count). The van der Waals surface area contributed by atoms with Crippen LogP contribution in [0.4, 0.5) is 11.5 Å². The van der Waals surface area contributed by atoms with Crippen LogP contribution in [0.15, 0.2) is 0 Å². The molecule has 0 aliphatic heterocycles. The Bertz CT molecular complexity index is 464. The first-order chi connectivity index (χ1) is 9.23. The summed E-state index contributed by atoms with van der Waals surface area (Å²) in [6, 6.07) is -0.177. The van der Waals surface area contributed by atoms with E-state index in [0.717, 1.165) is 5.69 Å². The van der Waals surface area contributed by atoms with E-state index in [-0.39, 0.29) is 18.0 Å². The van der Waals surface area contributed by atoms with E-state index in [2.05, 4.69) is 29.6 Å². The van der Waals surface area contributed by atoms with Gasteiger partial charge in [-0.15, -0.1) is 0 Å². The Morgan fingerprint density at radius 1 is 1.30 bits per heavy atom. The van der Waals surface area contributed by atoms with Crippen LogP contribution in [0.25, 0.3) is 0 Å². The number of carbonyl (C=O) groups excluding carboxylic acids is 1. The van der Waals surface area contributed by atoms with E-state index in [9.17, 15) is 4.79 Å². The van der Waals surface area contributed by atoms with E-state index in [0.29, 0.717) is 24.0 Å². The molecule has 6 heteroatoms. The molecule has 4 N–H and O–H groups in total. The normalized spacial score (nSPS) is 12.8. The predicted octanol–water partition coefficient (Wildman–Crippen LogP) is 1.93. The van der Waals surface area contributed by atoms with Gasteiger partial charge in [0.15, 0.2) is 0 Å². The second kappa shape index (κ2) is 6.63. The van der Waals surface area contributed by atoms with E-state index in [1.54, 1.807) is 0 Å². The quantitative estimate of drug-likeness (QED) is 0.744.